The number of alkyl carbamates (subject to hydrolysis) is 1. The van der Waals surface area contributed by atoms with Gasteiger partial charge in [-0.2, -0.15) is 0 Å². The van der Waals surface area contributed by atoms with Crippen LogP contribution >= 0.6 is 0 Å². The topological polar surface area (TPSA) is 95.9 Å². The fraction of sp³-hybridized carbons (Fsp3) is 0.800. The molecule has 0 saturated heterocycles. The third kappa shape index (κ3) is 2.85. The van der Waals surface area contributed by atoms with E-state index in [1.807, 2.05) is 0 Å². The van der Waals surface area contributed by atoms with Gasteiger partial charge in [-0.15, -0.1) is 0 Å². The Balaban J connectivity index is 2.58. The number of aliphatic carboxylic acids is 1. The molecule has 0 bridgehead atoms. The van der Waals surface area contributed by atoms with Gasteiger partial charge in [-0.05, 0) is 20.8 Å². The van der Waals surface area contributed by atoms with Crippen molar-refractivity contribution in [3.8, 4) is 0 Å². The maximum Gasteiger partial charge on any atom is 0.408 e. The van der Waals surface area contributed by atoms with Crippen LogP contribution in [0.3, 0.4) is 0 Å². The maximum absolute atomic E-state index is 11.4. The highest BCUT2D eigenvalue weighted by molar-refractivity contribution is 5.85. The van der Waals surface area contributed by atoms with E-state index in [1.165, 1.54) is 0 Å². The molecule has 0 spiro atoms. The normalized spacial score (nSPS) is 29.1. The lowest BCUT2D eigenvalue weighted by Gasteiger charge is -2.42. The van der Waals surface area contributed by atoms with Crippen molar-refractivity contribution in [2.24, 2.45) is 0 Å². The largest absolute Gasteiger partial charge is 0.479 e. The van der Waals surface area contributed by atoms with Crippen LogP contribution in [0.2, 0.25) is 0 Å². The highest BCUT2D eigenvalue weighted by atomic mass is 16.6. The smallest absolute Gasteiger partial charge is 0.408 e. The number of aliphatic hydroxyl groups is 1. The van der Waals surface area contributed by atoms with Crippen molar-refractivity contribution in [3.05, 3.63) is 0 Å². The first kappa shape index (κ1) is 12.8. The molecule has 0 radical (unpaired) electrons. The first-order valence-electron chi connectivity index (χ1n) is 5.07. The van der Waals surface area contributed by atoms with E-state index < -0.39 is 29.3 Å². The number of hydrogen-bond donors (Lipinski definition) is 3. The van der Waals surface area contributed by atoms with E-state index >= 15 is 0 Å². The molecule has 92 valence electrons. The van der Waals surface area contributed by atoms with Crippen LogP contribution in [0.4, 0.5) is 4.79 Å². The van der Waals surface area contributed by atoms with Gasteiger partial charge in [0.15, 0.2) is 0 Å². The summed E-state index contributed by atoms with van der Waals surface area (Å²) in [5.74, 6) is -1.15. The highest BCUT2D eigenvalue weighted by Gasteiger charge is 2.51. The molecule has 1 amide bonds. The number of rotatable bonds is 2. The number of nitrogens with one attached hydrogen (secondary N) is 1. The van der Waals surface area contributed by atoms with Crippen molar-refractivity contribution in [3.63, 3.8) is 0 Å². The number of hydrogen-bond acceptors (Lipinski definition) is 4. The lowest BCUT2D eigenvalue weighted by Crippen LogP contribution is -2.64. The molecule has 0 aromatic rings. The Morgan fingerprint density at radius 2 is 1.88 bits per heavy atom. The van der Waals surface area contributed by atoms with Crippen LogP contribution in [0, 0.1) is 0 Å². The van der Waals surface area contributed by atoms with Crippen molar-refractivity contribution in [1.82, 2.24) is 5.32 Å². The Morgan fingerprint density at radius 1 is 1.38 bits per heavy atom. The van der Waals surface area contributed by atoms with Crippen LogP contribution < -0.4 is 5.32 Å². The van der Waals surface area contributed by atoms with Gasteiger partial charge in [-0.25, -0.2) is 9.59 Å². The van der Waals surface area contributed by atoms with Crippen molar-refractivity contribution in [2.75, 3.05) is 0 Å². The van der Waals surface area contributed by atoms with E-state index in [2.05, 4.69) is 5.32 Å². The van der Waals surface area contributed by atoms with Crippen molar-refractivity contribution < 1.29 is 24.5 Å². The zero-order valence-corrected chi connectivity index (χ0v) is 9.61. The molecule has 0 atom stereocenters. The Bertz CT molecular complexity index is 301. The number of carbonyl (C=O) groups excluding carboxylic acids is 1. The van der Waals surface area contributed by atoms with Gasteiger partial charge in [0.1, 0.15) is 11.1 Å². The molecule has 0 unspecified atom stereocenters. The van der Waals surface area contributed by atoms with Crippen molar-refractivity contribution >= 4 is 12.1 Å². The van der Waals surface area contributed by atoms with Gasteiger partial charge in [0, 0.05) is 12.8 Å². The Labute approximate surface area is 93.6 Å². The van der Waals surface area contributed by atoms with Crippen LogP contribution in [0.1, 0.15) is 33.6 Å². The Hall–Kier alpha value is -1.30. The van der Waals surface area contributed by atoms with Crippen LogP contribution in [0.25, 0.3) is 0 Å². The minimum Gasteiger partial charge on any atom is -0.479 e. The number of aliphatic hydroxyl groups excluding tert-OH is 1. The van der Waals surface area contributed by atoms with Crippen molar-refractivity contribution in [1.29, 1.82) is 0 Å². The quantitative estimate of drug-likeness (QED) is 0.642. The summed E-state index contributed by atoms with van der Waals surface area (Å²) in [5, 5.41) is 20.4. The van der Waals surface area contributed by atoms with E-state index in [1.54, 1.807) is 20.8 Å². The van der Waals surface area contributed by atoms with Gasteiger partial charge in [0.25, 0.3) is 0 Å². The van der Waals surface area contributed by atoms with E-state index in [4.69, 9.17) is 14.9 Å². The molecule has 3 N–H and O–H groups in total. The minimum absolute atomic E-state index is 0.0155. The van der Waals surface area contributed by atoms with Gasteiger partial charge >= 0.3 is 12.1 Å². The molecule has 0 aromatic heterocycles. The first-order valence-corrected chi connectivity index (χ1v) is 5.07. The van der Waals surface area contributed by atoms with E-state index in [-0.39, 0.29) is 12.8 Å². The zero-order valence-electron chi connectivity index (χ0n) is 9.61. The second-order valence-corrected chi connectivity index (χ2v) is 5.08. The number of carboxylic acid groups (broad SMARTS) is 1. The van der Waals surface area contributed by atoms with Gasteiger partial charge in [-0.1, -0.05) is 0 Å². The summed E-state index contributed by atoms with van der Waals surface area (Å²) in [6.07, 6.45) is -1.42. The Kier molecular flexibility index (Phi) is 3.14. The predicted octanol–water partition coefficient (Wildman–Crippen LogP) is 0.489. The molecule has 0 aromatic carbocycles. The van der Waals surface area contributed by atoms with Gasteiger partial charge < -0.3 is 20.3 Å². The lowest BCUT2D eigenvalue weighted by atomic mass is 9.74. The number of carboxylic acids is 1. The highest BCUT2D eigenvalue weighted by Crippen LogP contribution is 2.32. The van der Waals surface area contributed by atoms with Crippen LogP contribution in [0.5, 0.6) is 0 Å². The van der Waals surface area contributed by atoms with Gasteiger partial charge in [0.2, 0.25) is 0 Å². The molecule has 0 heterocycles. The number of amides is 1. The summed E-state index contributed by atoms with van der Waals surface area (Å²) >= 11 is 0. The Morgan fingerprint density at radius 3 is 2.19 bits per heavy atom. The van der Waals surface area contributed by atoms with Crippen molar-refractivity contribution in [2.45, 2.75) is 50.9 Å². The second kappa shape index (κ2) is 3.93. The fourth-order valence-electron chi connectivity index (χ4n) is 1.57. The summed E-state index contributed by atoms with van der Waals surface area (Å²) in [4.78, 5) is 22.4. The lowest BCUT2D eigenvalue weighted by molar-refractivity contribution is -0.154. The molecule has 6 heteroatoms. The third-order valence-corrected chi connectivity index (χ3v) is 2.32. The summed E-state index contributed by atoms with van der Waals surface area (Å²) in [5.41, 5.74) is -2.05. The summed E-state index contributed by atoms with van der Waals surface area (Å²) in [7, 11) is 0. The van der Waals surface area contributed by atoms with E-state index in [0.717, 1.165) is 0 Å². The SMILES string of the molecule is CC(C)(C)OC(=O)NC1(C(=O)O)CC(O)C1. The summed E-state index contributed by atoms with van der Waals surface area (Å²) in [6, 6.07) is 0. The number of carbonyl (C=O) groups is 2. The first-order chi connectivity index (χ1) is 7.15. The molecular formula is C10H17NO5. The third-order valence-electron chi connectivity index (χ3n) is 2.32. The molecule has 1 saturated carbocycles. The van der Waals surface area contributed by atoms with E-state index in [9.17, 15) is 9.59 Å². The summed E-state index contributed by atoms with van der Waals surface area (Å²) in [6.45, 7) is 5.07. The summed E-state index contributed by atoms with van der Waals surface area (Å²) < 4.78 is 4.96. The average Bonchev–Trinajstić information content (AvgIpc) is 1.96. The molecular weight excluding hydrogens is 214 g/mol. The van der Waals surface area contributed by atoms with Gasteiger partial charge in [0.05, 0.1) is 6.10 Å². The number of ether oxygens (including phenoxy) is 1. The molecule has 16 heavy (non-hydrogen) atoms. The molecule has 1 aliphatic carbocycles. The maximum atomic E-state index is 11.4. The van der Waals surface area contributed by atoms with Crippen LogP contribution in [0.15, 0.2) is 0 Å². The minimum atomic E-state index is -1.37. The molecule has 6 nitrogen and oxygen atoms in total. The molecule has 1 aliphatic rings. The fourth-order valence-corrected chi connectivity index (χ4v) is 1.57. The standard InChI is InChI=1S/C10H17NO5/c1-9(2,3)16-8(15)11-10(7(13)14)4-6(12)5-10/h6,12H,4-5H2,1-3H3,(H,11,15)(H,13,14). The molecule has 1 rings (SSSR count). The zero-order chi connectivity index (χ0) is 12.6. The van der Waals surface area contributed by atoms with Crippen LogP contribution in [-0.2, 0) is 9.53 Å². The molecule has 1 fully saturated rings. The molecule has 0 aliphatic heterocycles. The monoisotopic (exact) mass is 231 g/mol. The average molecular weight is 231 g/mol. The van der Waals surface area contributed by atoms with Gasteiger partial charge in [-0.3, -0.25) is 0 Å². The van der Waals surface area contributed by atoms with Crippen LogP contribution in [-0.4, -0.2) is 39.5 Å². The second-order valence-electron chi connectivity index (χ2n) is 5.08. The van der Waals surface area contributed by atoms with E-state index in [0.29, 0.717) is 0 Å². The predicted molar refractivity (Wildman–Crippen MR) is 55.0 cm³/mol.